The molecule has 1 aliphatic rings. The molecule has 0 atom stereocenters. The fourth-order valence-electron chi connectivity index (χ4n) is 4.79. The number of nitrogens with one attached hydrogen (secondary N) is 1. The maximum atomic E-state index is 13.3. The Kier molecular flexibility index (Phi) is 5.77. The van der Waals surface area contributed by atoms with E-state index in [0.29, 0.717) is 35.4 Å². The van der Waals surface area contributed by atoms with Gasteiger partial charge in [-0.3, -0.25) is 19.3 Å². The summed E-state index contributed by atoms with van der Waals surface area (Å²) < 4.78 is 35.0. The van der Waals surface area contributed by atoms with Crippen LogP contribution < -0.4 is 11.3 Å². The van der Waals surface area contributed by atoms with Crippen molar-refractivity contribution in [2.45, 2.75) is 17.9 Å². The van der Waals surface area contributed by atoms with Gasteiger partial charge in [-0.2, -0.15) is 4.31 Å². The van der Waals surface area contributed by atoms with Gasteiger partial charge in [0, 0.05) is 39.2 Å². The molecule has 200 valence electrons. The van der Waals surface area contributed by atoms with Gasteiger partial charge in [0.1, 0.15) is 0 Å². The molecule has 0 aliphatic carbocycles. The second-order valence-corrected chi connectivity index (χ2v) is 11.5. The predicted molar refractivity (Wildman–Crippen MR) is 142 cm³/mol. The molecule has 4 heterocycles. The molecule has 3 aromatic heterocycles. The molecule has 5 aromatic rings. The fourth-order valence-corrected chi connectivity index (χ4v) is 5.93. The Balaban J connectivity index is 1.22. The zero-order valence-electron chi connectivity index (χ0n) is 21.1. The van der Waals surface area contributed by atoms with Crippen molar-refractivity contribution in [3.8, 4) is 11.3 Å². The molecule has 12 nitrogen and oxygen atoms in total. The standard InChI is InChI=1S/C26H24N6O6S/c1-29(39(36,37)17-8-9-21-22(12-17)38-26(35)30(21)2)15-24(33)31-11-10-19-18(14-31)25(34)32-23(27-19)13-20(28-32)16-6-4-3-5-7-16/h3-9,12-13,28H,10-11,14-15H2,1-2H3. The quantitative estimate of drug-likeness (QED) is 0.349. The molecule has 13 heteroatoms. The van der Waals surface area contributed by atoms with Crippen LogP contribution >= 0.6 is 0 Å². The number of fused-ring (bicyclic) bond motifs is 3. The summed E-state index contributed by atoms with van der Waals surface area (Å²) in [5.74, 6) is -1.05. The molecule has 1 N–H and O–H groups in total. The van der Waals surface area contributed by atoms with Crippen LogP contribution in [0.25, 0.3) is 28.0 Å². The lowest BCUT2D eigenvalue weighted by atomic mass is 10.1. The molecule has 0 spiro atoms. The van der Waals surface area contributed by atoms with Crippen LogP contribution in [0.1, 0.15) is 11.3 Å². The van der Waals surface area contributed by atoms with Crippen LogP contribution in [0, 0.1) is 0 Å². The minimum Gasteiger partial charge on any atom is -0.408 e. The van der Waals surface area contributed by atoms with Crippen LogP contribution in [0.4, 0.5) is 0 Å². The zero-order valence-corrected chi connectivity index (χ0v) is 21.9. The first kappa shape index (κ1) is 24.8. The highest BCUT2D eigenvalue weighted by molar-refractivity contribution is 7.89. The van der Waals surface area contributed by atoms with Crippen LogP contribution in [0.2, 0.25) is 0 Å². The van der Waals surface area contributed by atoms with Gasteiger partial charge in [0.15, 0.2) is 11.2 Å². The van der Waals surface area contributed by atoms with Gasteiger partial charge in [-0.25, -0.2) is 22.7 Å². The summed E-state index contributed by atoms with van der Waals surface area (Å²) in [6.07, 6.45) is 0.374. The minimum absolute atomic E-state index is 0.0254. The lowest BCUT2D eigenvalue weighted by molar-refractivity contribution is -0.132. The molecular formula is C26H24N6O6S. The highest BCUT2D eigenvalue weighted by atomic mass is 32.2. The largest absolute Gasteiger partial charge is 0.419 e. The van der Waals surface area contributed by atoms with Crippen molar-refractivity contribution in [2.24, 2.45) is 7.05 Å². The molecule has 0 saturated carbocycles. The predicted octanol–water partition coefficient (Wildman–Crippen LogP) is 1.34. The Hall–Kier alpha value is -4.49. The first-order valence-electron chi connectivity index (χ1n) is 12.2. The third-order valence-corrected chi connectivity index (χ3v) is 8.83. The number of nitrogens with zero attached hydrogens (tertiary/aromatic N) is 5. The van der Waals surface area contributed by atoms with Gasteiger partial charge in [-0.15, -0.1) is 0 Å². The number of amides is 1. The second-order valence-electron chi connectivity index (χ2n) is 9.45. The number of carbonyl (C=O) groups is 1. The second kappa shape index (κ2) is 9.06. The maximum absolute atomic E-state index is 13.3. The number of H-pyrrole nitrogens is 1. The van der Waals surface area contributed by atoms with Gasteiger partial charge in [0.25, 0.3) is 5.56 Å². The molecule has 2 aromatic carbocycles. The molecule has 39 heavy (non-hydrogen) atoms. The van der Waals surface area contributed by atoms with Crippen LogP contribution in [-0.4, -0.2) is 62.8 Å². The Bertz CT molecular complexity index is 1990. The van der Waals surface area contributed by atoms with Crippen molar-refractivity contribution in [3.63, 3.8) is 0 Å². The summed E-state index contributed by atoms with van der Waals surface area (Å²) in [6.45, 7) is -0.0941. The summed E-state index contributed by atoms with van der Waals surface area (Å²) in [5, 5.41) is 3.08. The fraction of sp³-hybridized carbons (Fsp3) is 0.231. The number of rotatable bonds is 5. The molecule has 1 aliphatic heterocycles. The molecule has 0 radical (unpaired) electrons. The first-order valence-corrected chi connectivity index (χ1v) is 13.6. The first-order chi connectivity index (χ1) is 18.6. The maximum Gasteiger partial charge on any atom is 0.419 e. The summed E-state index contributed by atoms with van der Waals surface area (Å²) in [4.78, 5) is 44.2. The van der Waals surface area contributed by atoms with E-state index in [0.717, 1.165) is 15.6 Å². The number of likely N-dealkylation sites (N-methyl/N-ethyl adjacent to an activating group) is 1. The number of hydrogen-bond donors (Lipinski definition) is 1. The summed E-state index contributed by atoms with van der Waals surface area (Å²) >= 11 is 0. The van der Waals surface area contributed by atoms with E-state index in [1.807, 2.05) is 36.4 Å². The van der Waals surface area contributed by atoms with Crippen molar-refractivity contribution >= 4 is 32.7 Å². The van der Waals surface area contributed by atoms with Gasteiger partial charge in [0.05, 0.1) is 40.5 Å². The van der Waals surface area contributed by atoms with Gasteiger partial charge in [0.2, 0.25) is 15.9 Å². The number of oxazole rings is 1. The number of hydrogen-bond acceptors (Lipinski definition) is 7. The number of carbonyl (C=O) groups excluding carboxylic acids is 1. The van der Waals surface area contributed by atoms with E-state index >= 15 is 0 Å². The van der Waals surface area contributed by atoms with Crippen LogP contribution in [0.15, 0.2) is 73.5 Å². The molecule has 0 saturated heterocycles. The van der Waals surface area contributed by atoms with E-state index in [1.54, 1.807) is 0 Å². The Morgan fingerprint density at radius 2 is 1.90 bits per heavy atom. The van der Waals surface area contributed by atoms with E-state index in [-0.39, 0.29) is 22.6 Å². The van der Waals surface area contributed by atoms with Crippen molar-refractivity contribution in [3.05, 3.63) is 86.8 Å². The van der Waals surface area contributed by atoms with E-state index in [1.165, 1.54) is 46.3 Å². The van der Waals surface area contributed by atoms with E-state index in [4.69, 9.17) is 4.42 Å². The van der Waals surface area contributed by atoms with Gasteiger partial charge in [-0.05, 0) is 17.7 Å². The zero-order chi connectivity index (χ0) is 27.5. The average Bonchev–Trinajstić information content (AvgIpc) is 3.49. The Morgan fingerprint density at radius 1 is 1.13 bits per heavy atom. The normalized spacial score (nSPS) is 13.9. The molecule has 0 fully saturated rings. The van der Waals surface area contributed by atoms with Crippen LogP contribution in [0.3, 0.4) is 0 Å². The molecule has 1 amide bonds. The molecule has 0 unspecified atom stereocenters. The van der Waals surface area contributed by atoms with Crippen LogP contribution in [-0.2, 0) is 34.8 Å². The average molecular weight is 549 g/mol. The van der Waals surface area contributed by atoms with Gasteiger partial charge < -0.3 is 9.32 Å². The Labute approximate surface area is 221 Å². The highest BCUT2D eigenvalue weighted by Gasteiger charge is 2.30. The lowest BCUT2D eigenvalue weighted by Gasteiger charge is -2.29. The van der Waals surface area contributed by atoms with Crippen molar-refractivity contribution in [1.82, 2.24) is 28.4 Å². The van der Waals surface area contributed by atoms with E-state index < -0.39 is 28.2 Å². The van der Waals surface area contributed by atoms with E-state index in [9.17, 15) is 22.8 Å². The minimum atomic E-state index is -4.06. The third-order valence-electron chi connectivity index (χ3n) is 7.03. The van der Waals surface area contributed by atoms with Gasteiger partial charge >= 0.3 is 5.76 Å². The van der Waals surface area contributed by atoms with Crippen molar-refractivity contribution in [2.75, 3.05) is 20.1 Å². The molecule has 0 bridgehead atoms. The monoisotopic (exact) mass is 548 g/mol. The summed E-state index contributed by atoms with van der Waals surface area (Å²) in [7, 11) is -1.23. The SMILES string of the molecule is CN(CC(=O)N1CCc2nc3cc(-c4ccccc4)[nH]n3c(=O)c2C1)S(=O)(=O)c1ccc2c(c1)oc(=O)n2C. The number of aromatic nitrogens is 4. The van der Waals surface area contributed by atoms with Gasteiger partial charge in [-0.1, -0.05) is 30.3 Å². The highest BCUT2D eigenvalue weighted by Crippen LogP contribution is 2.23. The van der Waals surface area contributed by atoms with Crippen molar-refractivity contribution in [1.29, 1.82) is 0 Å². The topological polar surface area (TPSA) is 143 Å². The number of aryl methyl sites for hydroxylation is 1. The third kappa shape index (κ3) is 4.15. The van der Waals surface area contributed by atoms with Crippen LogP contribution in [0.5, 0.6) is 0 Å². The summed E-state index contributed by atoms with van der Waals surface area (Å²) in [5.41, 5.74) is 3.46. The van der Waals surface area contributed by atoms with Crippen molar-refractivity contribution < 1.29 is 17.6 Å². The smallest absolute Gasteiger partial charge is 0.408 e. The van der Waals surface area contributed by atoms with E-state index in [2.05, 4.69) is 10.1 Å². The number of benzene rings is 2. The number of aromatic amines is 1. The molecular weight excluding hydrogens is 524 g/mol. The number of sulfonamides is 1. The molecule has 6 rings (SSSR count). The summed E-state index contributed by atoms with van der Waals surface area (Å²) in [6, 6.07) is 15.5. The Morgan fingerprint density at radius 3 is 2.67 bits per heavy atom. The lowest BCUT2D eigenvalue weighted by Crippen LogP contribution is -2.45.